The molecule has 1 heterocycles. The van der Waals surface area contributed by atoms with Gasteiger partial charge in [0.25, 0.3) is 0 Å². The molecule has 28 heavy (non-hydrogen) atoms. The van der Waals surface area contributed by atoms with Gasteiger partial charge in [-0.1, -0.05) is 42.5 Å². The smallest absolute Gasteiger partial charge is 0.326 e. The van der Waals surface area contributed by atoms with Gasteiger partial charge in [0.15, 0.2) is 0 Å². The maximum atomic E-state index is 12.6. The van der Waals surface area contributed by atoms with Gasteiger partial charge in [-0.25, -0.2) is 4.79 Å². The first-order valence-electron chi connectivity index (χ1n) is 9.32. The van der Waals surface area contributed by atoms with E-state index in [4.69, 9.17) is 0 Å². The van der Waals surface area contributed by atoms with Crippen molar-refractivity contribution in [3.8, 4) is 17.2 Å². The minimum Gasteiger partial charge on any atom is -0.480 e. The Hall–Kier alpha value is -3.17. The van der Waals surface area contributed by atoms with Crippen LogP contribution in [-0.4, -0.2) is 47.6 Å². The third-order valence-corrected chi connectivity index (χ3v) is 5.20. The van der Waals surface area contributed by atoms with E-state index in [1.165, 1.54) is 4.90 Å². The number of nitrogens with one attached hydrogen (secondary N) is 1. The summed E-state index contributed by atoms with van der Waals surface area (Å²) >= 11 is 0. The number of nitriles is 1. The monoisotopic (exact) mass is 377 g/mol. The fraction of sp³-hybridized carbons (Fsp3) is 0.318. The second-order valence-electron chi connectivity index (χ2n) is 7.01. The minimum atomic E-state index is -1.02. The number of nitrogens with zero attached hydrogens (tertiary/aromatic N) is 2. The van der Waals surface area contributed by atoms with Crippen molar-refractivity contribution in [2.45, 2.75) is 31.3 Å². The van der Waals surface area contributed by atoms with Gasteiger partial charge in [-0.3, -0.25) is 4.79 Å². The van der Waals surface area contributed by atoms with Crippen LogP contribution in [0.5, 0.6) is 0 Å². The highest BCUT2D eigenvalue weighted by Crippen LogP contribution is 2.24. The van der Waals surface area contributed by atoms with E-state index in [9.17, 15) is 20.0 Å². The number of hydrogen-bond donors (Lipinski definition) is 2. The van der Waals surface area contributed by atoms with Crippen LogP contribution >= 0.6 is 0 Å². The molecule has 6 nitrogen and oxygen atoms in total. The van der Waals surface area contributed by atoms with Gasteiger partial charge in [-0.15, -0.1) is 0 Å². The fourth-order valence-electron chi connectivity index (χ4n) is 3.56. The number of benzene rings is 2. The predicted octanol–water partition coefficient (Wildman–Crippen LogP) is 2.43. The second kappa shape index (κ2) is 8.68. The number of hydrogen-bond acceptors (Lipinski definition) is 4. The minimum absolute atomic E-state index is 0.176. The van der Waals surface area contributed by atoms with Gasteiger partial charge >= 0.3 is 5.97 Å². The number of rotatable bonds is 6. The average Bonchev–Trinajstić information content (AvgIpc) is 3.26. The molecule has 144 valence electrons. The summed E-state index contributed by atoms with van der Waals surface area (Å²) in [5.41, 5.74) is 3.15. The number of carboxylic acid groups (broad SMARTS) is 1. The molecule has 6 heteroatoms. The van der Waals surface area contributed by atoms with Gasteiger partial charge in [-0.05, 0) is 42.1 Å². The molecule has 2 atom stereocenters. The topological polar surface area (TPSA) is 93.4 Å². The number of carbonyl (C=O) groups excluding carboxylic acids is 1. The van der Waals surface area contributed by atoms with Crippen LogP contribution in [0.25, 0.3) is 11.1 Å². The zero-order valence-corrected chi connectivity index (χ0v) is 15.8. The third-order valence-electron chi connectivity index (χ3n) is 5.20. The molecule has 0 bridgehead atoms. The summed E-state index contributed by atoms with van der Waals surface area (Å²) in [4.78, 5) is 25.7. The van der Waals surface area contributed by atoms with Crippen LogP contribution in [0.4, 0.5) is 0 Å². The Morgan fingerprint density at radius 1 is 1.25 bits per heavy atom. The van der Waals surface area contributed by atoms with Crippen molar-refractivity contribution in [1.29, 1.82) is 5.26 Å². The normalized spacial score (nSPS) is 16.9. The molecule has 0 unspecified atom stereocenters. The molecule has 2 aromatic rings. The lowest BCUT2D eigenvalue weighted by Crippen LogP contribution is -2.50. The van der Waals surface area contributed by atoms with E-state index in [0.717, 1.165) is 36.1 Å². The SMILES string of the molecule is CN(C(=O)[C@@H]1CCCN1)[C@@H](Cc1ccc(-c2ccccc2C#N)cc1)C(=O)O. The lowest BCUT2D eigenvalue weighted by atomic mass is 9.97. The standard InChI is InChI=1S/C22H23N3O3/c1-25(21(26)19-7-4-12-24-19)20(22(27)28)13-15-8-10-16(11-9-15)18-6-3-2-5-17(18)14-23/h2-3,5-6,8-11,19-20,24H,4,7,12-13H2,1H3,(H,27,28)/t19-,20-/m0/s1. The number of aliphatic carboxylic acids is 1. The molecule has 3 rings (SSSR count). The number of likely N-dealkylation sites (N-methyl/N-ethyl adjacent to an activating group) is 1. The first-order valence-corrected chi connectivity index (χ1v) is 9.32. The molecule has 0 saturated carbocycles. The Morgan fingerprint density at radius 3 is 2.57 bits per heavy atom. The lowest BCUT2D eigenvalue weighted by molar-refractivity contribution is -0.149. The van der Waals surface area contributed by atoms with E-state index in [1.807, 2.05) is 42.5 Å². The molecule has 1 aliphatic rings. The van der Waals surface area contributed by atoms with Gasteiger partial charge in [0.1, 0.15) is 6.04 Å². The highest BCUT2D eigenvalue weighted by atomic mass is 16.4. The molecular weight excluding hydrogens is 354 g/mol. The van der Waals surface area contributed by atoms with E-state index in [1.54, 1.807) is 13.1 Å². The zero-order valence-electron chi connectivity index (χ0n) is 15.8. The molecule has 0 aliphatic carbocycles. The summed E-state index contributed by atoms with van der Waals surface area (Å²) in [5.74, 6) is -1.20. The average molecular weight is 377 g/mol. The molecule has 1 saturated heterocycles. The Morgan fingerprint density at radius 2 is 1.96 bits per heavy atom. The number of carbonyl (C=O) groups is 2. The summed E-state index contributed by atoms with van der Waals surface area (Å²) in [6.07, 6.45) is 1.89. The van der Waals surface area contributed by atoms with E-state index < -0.39 is 12.0 Å². The van der Waals surface area contributed by atoms with Crippen molar-refractivity contribution in [1.82, 2.24) is 10.2 Å². The third kappa shape index (κ3) is 4.21. The molecule has 1 fully saturated rings. The number of amides is 1. The summed E-state index contributed by atoms with van der Waals surface area (Å²) in [6, 6.07) is 15.8. The molecule has 2 N–H and O–H groups in total. The van der Waals surface area contributed by atoms with Gasteiger partial charge in [-0.2, -0.15) is 5.26 Å². The molecule has 0 radical (unpaired) electrons. The summed E-state index contributed by atoms with van der Waals surface area (Å²) in [5, 5.41) is 22.0. The van der Waals surface area contributed by atoms with E-state index >= 15 is 0 Å². The Balaban J connectivity index is 1.76. The van der Waals surface area contributed by atoms with Crippen molar-refractivity contribution >= 4 is 11.9 Å². The van der Waals surface area contributed by atoms with Gasteiger partial charge in [0.2, 0.25) is 5.91 Å². The fourth-order valence-corrected chi connectivity index (χ4v) is 3.56. The van der Waals surface area contributed by atoms with Crippen LogP contribution in [0.1, 0.15) is 24.0 Å². The van der Waals surface area contributed by atoms with Crippen molar-refractivity contribution in [3.63, 3.8) is 0 Å². The van der Waals surface area contributed by atoms with Gasteiger partial charge in [0.05, 0.1) is 17.7 Å². The van der Waals surface area contributed by atoms with E-state index in [-0.39, 0.29) is 18.4 Å². The Kier molecular flexibility index (Phi) is 6.07. The first-order chi connectivity index (χ1) is 13.5. The molecule has 1 aliphatic heterocycles. The second-order valence-corrected chi connectivity index (χ2v) is 7.01. The van der Waals surface area contributed by atoms with Crippen LogP contribution < -0.4 is 5.32 Å². The zero-order chi connectivity index (χ0) is 20.1. The van der Waals surface area contributed by atoms with Gasteiger partial charge < -0.3 is 15.3 Å². The molecule has 0 spiro atoms. The van der Waals surface area contributed by atoms with Crippen molar-refractivity contribution in [3.05, 3.63) is 59.7 Å². The highest BCUT2D eigenvalue weighted by Gasteiger charge is 2.32. The summed E-state index contributed by atoms with van der Waals surface area (Å²) in [6.45, 7) is 0.785. The quantitative estimate of drug-likeness (QED) is 0.806. The summed E-state index contributed by atoms with van der Waals surface area (Å²) in [7, 11) is 1.55. The van der Waals surface area contributed by atoms with Crippen LogP contribution in [0.2, 0.25) is 0 Å². The Bertz CT molecular complexity index is 896. The maximum Gasteiger partial charge on any atom is 0.326 e. The predicted molar refractivity (Wildman–Crippen MR) is 106 cm³/mol. The van der Waals surface area contributed by atoms with Crippen LogP contribution in [-0.2, 0) is 16.0 Å². The van der Waals surface area contributed by atoms with Gasteiger partial charge in [0, 0.05) is 13.5 Å². The molecular formula is C22H23N3O3. The molecule has 2 aromatic carbocycles. The van der Waals surface area contributed by atoms with Crippen molar-refractivity contribution < 1.29 is 14.7 Å². The van der Waals surface area contributed by atoms with Crippen LogP contribution in [0.3, 0.4) is 0 Å². The molecule has 1 amide bonds. The van der Waals surface area contributed by atoms with E-state index in [2.05, 4.69) is 11.4 Å². The first kappa shape index (κ1) is 19.6. The van der Waals surface area contributed by atoms with Crippen LogP contribution in [0.15, 0.2) is 48.5 Å². The van der Waals surface area contributed by atoms with Crippen LogP contribution in [0, 0.1) is 11.3 Å². The van der Waals surface area contributed by atoms with E-state index in [0.29, 0.717) is 5.56 Å². The Labute approximate surface area is 164 Å². The van der Waals surface area contributed by atoms with Crippen molar-refractivity contribution in [2.75, 3.05) is 13.6 Å². The highest BCUT2D eigenvalue weighted by molar-refractivity contribution is 5.87. The lowest BCUT2D eigenvalue weighted by Gasteiger charge is -2.27. The molecule has 0 aromatic heterocycles. The summed E-state index contributed by atoms with van der Waals surface area (Å²) < 4.78 is 0. The van der Waals surface area contributed by atoms with Crippen molar-refractivity contribution in [2.24, 2.45) is 0 Å². The number of carboxylic acids is 1. The maximum absolute atomic E-state index is 12.6. The largest absolute Gasteiger partial charge is 0.480 e.